The van der Waals surface area contributed by atoms with Crippen molar-refractivity contribution in [3.63, 3.8) is 0 Å². The van der Waals surface area contributed by atoms with Gasteiger partial charge in [-0.2, -0.15) is 5.26 Å². The van der Waals surface area contributed by atoms with Gasteiger partial charge in [0, 0.05) is 0 Å². The van der Waals surface area contributed by atoms with Gasteiger partial charge < -0.3 is 0 Å². The van der Waals surface area contributed by atoms with Gasteiger partial charge in [0.25, 0.3) is 0 Å². The van der Waals surface area contributed by atoms with Crippen molar-refractivity contribution in [3.05, 3.63) is 22.5 Å². The molecule has 0 saturated heterocycles. The molecule has 0 fully saturated rings. The summed E-state index contributed by atoms with van der Waals surface area (Å²) in [4.78, 5) is 0. The van der Waals surface area contributed by atoms with Crippen molar-refractivity contribution in [2.24, 2.45) is 0 Å². The molecular weight excluding hydrogens is 153 g/mol. The molecule has 10 heavy (non-hydrogen) atoms. The van der Waals surface area contributed by atoms with E-state index in [4.69, 9.17) is 16.9 Å². The van der Waals surface area contributed by atoms with E-state index in [1.807, 2.05) is 0 Å². The van der Waals surface area contributed by atoms with Crippen molar-refractivity contribution in [1.29, 1.82) is 5.26 Å². The van der Waals surface area contributed by atoms with Gasteiger partial charge in [0.05, 0.1) is 16.7 Å². The Morgan fingerprint density at radius 2 is 2.20 bits per heavy atom. The maximum atomic E-state index is 12.6. The predicted molar refractivity (Wildman–Crippen MR) is 39.0 cm³/mol. The topological polar surface area (TPSA) is 23.8 Å². The highest BCUT2D eigenvalue weighted by Crippen LogP contribution is 2.18. The van der Waals surface area contributed by atoms with Crippen molar-refractivity contribution < 1.29 is 4.39 Å². The molecule has 54 valence electrons. The Morgan fingerprint density at radius 3 is 2.50 bits per heavy atom. The van der Waals surface area contributed by atoms with Crippen LogP contribution < -0.4 is 0 Å². The Morgan fingerprint density at radius 1 is 1.70 bits per heavy atom. The quantitative estimate of drug-likeness (QED) is 0.426. The van der Waals surface area contributed by atoms with Crippen LogP contribution in [0, 0.1) is 11.3 Å². The highest BCUT2D eigenvalue weighted by atomic mass is 35.5. The van der Waals surface area contributed by atoms with Crippen LogP contribution in [0.25, 0.3) is 0 Å². The summed E-state index contributed by atoms with van der Waals surface area (Å²) in [5.74, 6) is -0.647. The fraction of sp³-hybridized carbons (Fsp3) is 0.286. The Bertz CT molecular complexity index is 222. The van der Waals surface area contributed by atoms with E-state index >= 15 is 0 Å². The number of rotatable bonds is 1. The zero-order valence-corrected chi connectivity index (χ0v) is 6.54. The molecule has 0 radical (unpaired) electrons. The van der Waals surface area contributed by atoms with Crippen LogP contribution in [0.1, 0.15) is 13.8 Å². The summed E-state index contributed by atoms with van der Waals surface area (Å²) in [5, 5.41) is 8.20. The van der Waals surface area contributed by atoms with Gasteiger partial charge in [0.2, 0.25) is 0 Å². The zero-order valence-electron chi connectivity index (χ0n) is 5.78. The van der Waals surface area contributed by atoms with Gasteiger partial charge >= 0.3 is 0 Å². The fourth-order valence-electron chi connectivity index (χ4n) is 0.355. The first-order valence-electron chi connectivity index (χ1n) is 2.72. The first kappa shape index (κ1) is 9.19. The van der Waals surface area contributed by atoms with Gasteiger partial charge in [-0.3, -0.25) is 0 Å². The summed E-state index contributed by atoms with van der Waals surface area (Å²) >= 11 is 5.37. The number of hydrogen-bond acceptors (Lipinski definition) is 1. The highest BCUT2D eigenvalue weighted by molar-refractivity contribution is 6.31. The molecule has 0 unspecified atom stereocenters. The maximum Gasteiger partial charge on any atom is 0.154 e. The third-order valence-electron chi connectivity index (χ3n) is 0.960. The summed E-state index contributed by atoms with van der Waals surface area (Å²) in [6.07, 6.45) is 1.40. The molecule has 0 aliphatic rings. The van der Waals surface area contributed by atoms with Crippen molar-refractivity contribution in [2.75, 3.05) is 0 Å². The predicted octanol–water partition coefficient (Wildman–Crippen LogP) is 2.90. The minimum Gasteiger partial charge on any atom is -0.204 e. The summed E-state index contributed by atoms with van der Waals surface area (Å²) in [6, 6.07) is 1.66. The summed E-state index contributed by atoms with van der Waals surface area (Å²) < 4.78 is 12.6. The van der Waals surface area contributed by atoms with Crippen LogP contribution in [0.15, 0.2) is 22.5 Å². The second kappa shape index (κ2) is 4.08. The third-order valence-corrected chi connectivity index (χ3v) is 1.34. The molecule has 1 nitrogen and oxygen atoms in total. The van der Waals surface area contributed by atoms with Gasteiger partial charge in [-0.1, -0.05) is 17.7 Å². The van der Waals surface area contributed by atoms with Crippen LogP contribution in [0.2, 0.25) is 0 Å². The monoisotopic (exact) mass is 159 g/mol. The Balaban J connectivity index is 4.68. The number of hydrogen-bond donors (Lipinski definition) is 0. The molecule has 0 aromatic rings. The van der Waals surface area contributed by atoms with E-state index in [-0.39, 0.29) is 10.6 Å². The average Bonchev–Trinajstić information content (AvgIpc) is 2.00. The molecule has 0 aromatic carbocycles. The standard InChI is InChI=1S/C7H7ClFN/c1-3-6(8)7(9)5(2)4-10/h3H,1-2H3. The molecule has 0 N–H and O–H groups in total. The Labute approximate surface area is 64.4 Å². The van der Waals surface area contributed by atoms with Gasteiger partial charge in [-0.15, -0.1) is 0 Å². The molecule has 0 rings (SSSR count). The van der Waals surface area contributed by atoms with Gasteiger partial charge in [0.1, 0.15) is 0 Å². The zero-order chi connectivity index (χ0) is 8.15. The lowest BCUT2D eigenvalue weighted by molar-refractivity contribution is 0.654. The fourth-order valence-corrected chi connectivity index (χ4v) is 0.497. The molecule has 0 aromatic heterocycles. The summed E-state index contributed by atoms with van der Waals surface area (Å²) in [5.41, 5.74) is 0.00287. The number of nitriles is 1. The largest absolute Gasteiger partial charge is 0.204 e. The third kappa shape index (κ3) is 2.20. The molecule has 0 saturated carbocycles. The molecule has 0 heterocycles. The number of halogens is 2. The van der Waals surface area contributed by atoms with E-state index in [2.05, 4.69) is 0 Å². The molecule has 0 atom stereocenters. The van der Waals surface area contributed by atoms with Gasteiger partial charge in [0.15, 0.2) is 5.83 Å². The van der Waals surface area contributed by atoms with Crippen molar-refractivity contribution in [3.8, 4) is 6.07 Å². The Kier molecular flexibility index (Phi) is 3.75. The van der Waals surface area contributed by atoms with E-state index in [9.17, 15) is 4.39 Å². The summed E-state index contributed by atoms with van der Waals surface area (Å²) in [6.45, 7) is 2.98. The normalized spacial score (nSPS) is 14.1. The van der Waals surface area contributed by atoms with Crippen molar-refractivity contribution in [2.45, 2.75) is 13.8 Å². The van der Waals surface area contributed by atoms with Crippen LogP contribution in [-0.2, 0) is 0 Å². The van der Waals surface area contributed by atoms with Crippen LogP contribution in [-0.4, -0.2) is 0 Å². The first-order valence-corrected chi connectivity index (χ1v) is 3.10. The number of nitrogens with zero attached hydrogens (tertiary/aromatic N) is 1. The minimum absolute atomic E-state index is 0.00287. The molecule has 0 aliphatic carbocycles. The molecule has 0 spiro atoms. The van der Waals surface area contributed by atoms with E-state index in [1.165, 1.54) is 13.0 Å². The van der Waals surface area contributed by atoms with Crippen molar-refractivity contribution in [1.82, 2.24) is 0 Å². The first-order chi connectivity index (χ1) is 4.63. The molecule has 0 amide bonds. The highest BCUT2D eigenvalue weighted by Gasteiger charge is 2.02. The van der Waals surface area contributed by atoms with Crippen LogP contribution in [0.4, 0.5) is 4.39 Å². The SMILES string of the molecule is CC=C(Cl)C(F)=C(C)C#N. The molecule has 3 heteroatoms. The second-order valence-corrected chi connectivity index (χ2v) is 2.09. The Hall–Kier alpha value is -0.810. The molecule has 0 bridgehead atoms. The second-order valence-electron chi connectivity index (χ2n) is 1.69. The van der Waals surface area contributed by atoms with Gasteiger partial charge in [-0.05, 0) is 13.8 Å². The van der Waals surface area contributed by atoms with Crippen LogP contribution >= 0.6 is 11.6 Å². The lowest BCUT2D eigenvalue weighted by atomic mass is 10.3. The van der Waals surface area contributed by atoms with E-state index in [1.54, 1.807) is 13.0 Å². The van der Waals surface area contributed by atoms with E-state index < -0.39 is 5.83 Å². The lowest BCUT2D eigenvalue weighted by Gasteiger charge is -1.92. The number of allylic oxidation sites excluding steroid dienone is 4. The average molecular weight is 160 g/mol. The smallest absolute Gasteiger partial charge is 0.154 e. The van der Waals surface area contributed by atoms with Crippen LogP contribution in [0.5, 0.6) is 0 Å². The van der Waals surface area contributed by atoms with Crippen molar-refractivity contribution >= 4 is 11.6 Å². The summed E-state index contributed by atoms with van der Waals surface area (Å²) in [7, 11) is 0. The van der Waals surface area contributed by atoms with Crippen LogP contribution in [0.3, 0.4) is 0 Å². The molecule has 0 aliphatic heterocycles. The van der Waals surface area contributed by atoms with E-state index in [0.29, 0.717) is 0 Å². The minimum atomic E-state index is -0.647. The van der Waals surface area contributed by atoms with E-state index in [0.717, 1.165) is 0 Å². The molecular formula is C7H7ClFN. The lowest BCUT2D eigenvalue weighted by Crippen LogP contribution is -1.78. The van der Waals surface area contributed by atoms with Gasteiger partial charge in [-0.25, -0.2) is 4.39 Å². The maximum absolute atomic E-state index is 12.6.